The highest BCUT2D eigenvalue weighted by Gasteiger charge is 2.23. The van der Waals surface area contributed by atoms with Gasteiger partial charge in [-0.3, -0.25) is 4.68 Å². The Morgan fingerprint density at radius 3 is 2.47 bits per heavy atom. The lowest BCUT2D eigenvalue weighted by Crippen LogP contribution is -2.24. The Morgan fingerprint density at radius 1 is 1.37 bits per heavy atom. The summed E-state index contributed by atoms with van der Waals surface area (Å²) in [6.07, 6.45) is 1.74. The van der Waals surface area contributed by atoms with Crippen LogP contribution >= 0.6 is 15.9 Å². The van der Waals surface area contributed by atoms with Gasteiger partial charge < -0.3 is 5.32 Å². The van der Waals surface area contributed by atoms with Crippen LogP contribution in [-0.4, -0.2) is 16.3 Å². The second-order valence-corrected chi connectivity index (χ2v) is 5.10. The zero-order valence-corrected chi connectivity index (χ0v) is 12.2. The van der Waals surface area contributed by atoms with E-state index < -0.39 is 17.7 Å². The van der Waals surface area contributed by atoms with Crippen molar-refractivity contribution in [3.05, 3.63) is 51.8 Å². The van der Waals surface area contributed by atoms with Gasteiger partial charge in [-0.1, -0.05) is 22.9 Å². The summed E-state index contributed by atoms with van der Waals surface area (Å²) in [5.74, 6) is -1.19. The van der Waals surface area contributed by atoms with Crippen molar-refractivity contribution >= 4 is 15.9 Å². The summed E-state index contributed by atoms with van der Waals surface area (Å²) < 4.78 is 30.0. The molecule has 3 nitrogen and oxygen atoms in total. The minimum Gasteiger partial charge on any atom is -0.305 e. The number of nitrogens with zero attached hydrogens (tertiary/aromatic N) is 2. The number of halogens is 3. The average molecular weight is 330 g/mol. The van der Waals surface area contributed by atoms with E-state index in [0.717, 1.165) is 0 Å². The topological polar surface area (TPSA) is 29.9 Å². The Kier molecular flexibility index (Phi) is 4.31. The SMILES string of the molecule is CCNC(c1ccn(C)n1)c1c(F)cc(Br)cc1F. The van der Waals surface area contributed by atoms with Crippen LogP contribution in [0.15, 0.2) is 28.9 Å². The standard InChI is InChI=1S/C13H14BrF2N3/c1-3-17-13(11-4-5-19(2)18-11)12-9(15)6-8(14)7-10(12)16/h4-7,13,17H,3H2,1-2H3. The predicted octanol–water partition coefficient (Wildman–Crippen LogP) is 3.16. The number of aromatic nitrogens is 2. The van der Waals surface area contributed by atoms with Gasteiger partial charge in [0.15, 0.2) is 0 Å². The maximum absolute atomic E-state index is 14.0. The van der Waals surface area contributed by atoms with Crippen molar-refractivity contribution in [2.75, 3.05) is 6.54 Å². The molecule has 1 atom stereocenters. The summed E-state index contributed by atoms with van der Waals surface area (Å²) >= 11 is 3.08. The first-order chi connectivity index (χ1) is 9.02. The molecular weight excluding hydrogens is 316 g/mol. The molecule has 2 aromatic rings. The van der Waals surface area contributed by atoms with Crippen LogP contribution < -0.4 is 5.32 Å². The van der Waals surface area contributed by atoms with Gasteiger partial charge in [0.1, 0.15) is 11.6 Å². The molecule has 0 radical (unpaired) electrons. The normalized spacial score (nSPS) is 12.7. The number of rotatable bonds is 4. The minimum absolute atomic E-state index is 0.0104. The number of hydrogen-bond donors (Lipinski definition) is 1. The van der Waals surface area contributed by atoms with Crippen molar-refractivity contribution in [1.29, 1.82) is 0 Å². The van der Waals surface area contributed by atoms with Crippen molar-refractivity contribution in [1.82, 2.24) is 15.1 Å². The molecule has 0 saturated heterocycles. The zero-order chi connectivity index (χ0) is 14.0. The Hall–Kier alpha value is -1.27. The molecule has 1 unspecified atom stereocenters. The highest BCUT2D eigenvalue weighted by Crippen LogP contribution is 2.28. The van der Waals surface area contributed by atoms with Crippen LogP contribution in [0, 0.1) is 11.6 Å². The lowest BCUT2D eigenvalue weighted by Gasteiger charge is -2.18. The average Bonchev–Trinajstić information content (AvgIpc) is 2.73. The number of nitrogens with one attached hydrogen (secondary N) is 1. The molecule has 1 N–H and O–H groups in total. The van der Waals surface area contributed by atoms with Crippen LogP contribution in [0.3, 0.4) is 0 Å². The van der Waals surface area contributed by atoms with E-state index in [1.165, 1.54) is 12.1 Å². The van der Waals surface area contributed by atoms with E-state index >= 15 is 0 Å². The summed E-state index contributed by atoms with van der Waals surface area (Å²) in [6, 6.07) is 3.66. The van der Waals surface area contributed by atoms with Crippen LogP contribution in [0.1, 0.15) is 24.2 Å². The van der Waals surface area contributed by atoms with Gasteiger partial charge in [0.05, 0.1) is 11.7 Å². The Morgan fingerprint density at radius 2 is 2.00 bits per heavy atom. The molecule has 19 heavy (non-hydrogen) atoms. The molecule has 0 fully saturated rings. The van der Waals surface area contributed by atoms with Gasteiger partial charge in [0.25, 0.3) is 0 Å². The van der Waals surface area contributed by atoms with E-state index in [1.54, 1.807) is 24.0 Å². The summed E-state index contributed by atoms with van der Waals surface area (Å²) in [5, 5.41) is 7.28. The number of aryl methyl sites for hydroxylation is 1. The van der Waals surface area contributed by atoms with E-state index in [0.29, 0.717) is 16.7 Å². The molecule has 1 aromatic carbocycles. The van der Waals surface area contributed by atoms with Gasteiger partial charge in [-0.15, -0.1) is 0 Å². The molecule has 1 aromatic heterocycles. The van der Waals surface area contributed by atoms with Crippen molar-refractivity contribution in [2.45, 2.75) is 13.0 Å². The lowest BCUT2D eigenvalue weighted by atomic mass is 10.0. The second-order valence-electron chi connectivity index (χ2n) is 4.19. The highest BCUT2D eigenvalue weighted by molar-refractivity contribution is 9.10. The van der Waals surface area contributed by atoms with E-state index in [4.69, 9.17) is 0 Å². The van der Waals surface area contributed by atoms with Gasteiger partial charge in [-0.2, -0.15) is 5.10 Å². The Labute approximate surface area is 118 Å². The van der Waals surface area contributed by atoms with Crippen LogP contribution in [-0.2, 0) is 7.05 Å². The third kappa shape index (κ3) is 3.01. The quantitative estimate of drug-likeness (QED) is 0.933. The largest absolute Gasteiger partial charge is 0.305 e. The van der Waals surface area contributed by atoms with Crippen molar-refractivity contribution < 1.29 is 8.78 Å². The molecule has 0 aliphatic heterocycles. The molecule has 2 rings (SSSR count). The van der Waals surface area contributed by atoms with Crippen molar-refractivity contribution in [3.8, 4) is 0 Å². The molecule has 0 saturated carbocycles. The fourth-order valence-corrected chi connectivity index (χ4v) is 2.38. The van der Waals surface area contributed by atoms with E-state index in [9.17, 15) is 8.78 Å². The van der Waals surface area contributed by atoms with Crippen LogP contribution in [0.5, 0.6) is 0 Å². The van der Waals surface area contributed by atoms with Crippen LogP contribution in [0.2, 0.25) is 0 Å². The molecule has 0 bridgehead atoms. The Bertz CT molecular complexity index is 560. The maximum atomic E-state index is 14.0. The lowest BCUT2D eigenvalue weighted by molar-refractivity contribution is 0.501. The van der Waals surface area contributed by atoms with E-state index in [-0.39, 0.29) is 5.56 Å². The molecule has 0 amide bonds. The fourth-order valence-electron chi connectivity index (χ4n) is 1.97. The van der Waals surface area contributed by atoms with Gasteiger partial charge in [0, 0.05) is 23.3 Å². The minimum atomic E-state index is -0.598. The first-order valence-electron chi connectivity index (χ1n) is 5.90. The third-order valence-corrected chi connectivity index (χ3v) is 3.23. The summed E-state index contributed by atoms with van der Waals surface area (Å²) in [6.45, 7) is 2.46. The highest BCUT2D eigenvalue weighted by atomic mass is 79.9. The third-order valence-electron chi connectivity index (χ3n) is 2.77. The summed E-state index contributed by atoms with van der Waals surface area (Å²) in [4.78, 5) is 0. The predicted molar refractivity (Wildman–Crippen MR) is 72.8 cm³/mol. The number of benzene rings is 1. The molecule has 102 valence electrons. The molecule has 0 spiro atoms. The summed E-state index contributed by atoms with van der Waals surface area (Å²) in [5.41, 5.74) is 0.577. The molecule has 1 heterocycles. The zero-order valence-electron chi connectivity index (χ0n) is 10.6. The number of hydrogen-bond acceptors (Lipinski definition) is 2. The van der Waals surface area contributed by atoms with Gasteiger partial charge in [-0.05, 0) is 24.7 Å². The van der Waals surface area contributed by atoms with Crippen molar-refractivity contribution in [2.24, 2.45) is 7.05 Å². The first kappa shape index (κ1) is 14.1. The summed E-state index contributed by atoms with van der Waals surface area (Å²) in [7, 11) is 1.76. The van der Waals surface area contributed by atoms with Crippen LogP contribution in [0.25, 0.3) is 0 Å². The maximum Gasteiger partial charge on any atom is 0.132 e. The molecule has 6 heteroatoms. The smallest absolute Gasteiger partial charge is 0.132 e. The van der Waals surface area contributed by atoms with Gasteiger partial charge in [-0.25, -0.2) is 8.78 Å². The van der Waals surface area contributed by atoms with Gasteiger partial charge >= 0.3 is 0 Å². The van der Waals surface area contributed by atoms with Crippen molar-refractivity contribution in [3.63, 3.8) is 0 Å². The van der Waals surface area contributed by atoms with Crippen LogP contribution in [0.4, 0.5) is 8.78 Å². The van der Waals surface area contributed by atoms with Gasteiger partial charge in [0.2, 0.25) is 0 Å². The second kappa shape index (κ2) is 5.79. The Balaban J connectivity index is 2.51. The van der Waals surface area contributed by atoms with E-state index in [2.05, 4.69) is 26.3 Å². The first-order valence-corrected chi connectivity index (χ1v) is 6.69. The van der Waals surface area contributed by atoms with E-state index in [1.807, 2.05) is 6.92 Å². The molecular formula is C13H14BrF2N3. The molecule has 0 aliphatic carbocycles. The fraction of sp³-hybridized carbons (Fsp3) is 0.308. The monoisotopic (exact) mass is 329 g/mol. The molecule has 0 aliphatic rings.